The largest absolute Gasteiger partial charge is 0.305 e. The molecular weight excluding hydrogens is 268 g/mol. The number of hydrogen-bond acceptors (Lipinski definition) is 5. The molecule has 0 amide bonds. The molecule has 2 heterocycles. The first-order chi connectivity index (χ1) is 8.42. The first kappa shape index (κ1) is 14.0. The third-order valence-electron chi connectivity index (χ3n) is 3.46. The van der Waals surface area contributed by atoms with Gasteiger partial charge in [0.05, 0.1) is 22.7 Å². The van der Waals surface area contributed by atoms with Gasteiger partial charge in [-0.2, -0.15) is 0 Å². The van der Waals surface area contributed by atoms with E-state index in [2.05, 4.69) is 24.1 Å². The smallest absolute Gasteiger partial charge is 0.152 e. The topological polar surface area (TPSA) is 59.1 Å². The van der Waals surface area contributed by atoms with E-state index in [4.69, 9.17) is 0 Å². The third-order valence-corrected chi connectivity index (χ3v) is 6.43. The molecule has 4 nitrogen and oxygen atoms in total. The lowest BCUT2D eigenvalue weighted by Crippen LogP contribution is -2.43. The summed E-state index contributed by atoms with van der Waals surface area (Å²) in [5, 5.41) is 4.31. The molecule has 1 atom stereocenters. The molecule has 0 bridgehead atoms. The molecular formula is C12H20N2O2S2. The monoisotopic (exact) mass is 288 g/mol. The Bertz CT molecular complexity index is 536. The van der Waals surface area contributed by atoms with E-state index in [1.807, 2.05) is 6.92 Å². The van der Waals surface area contributed by atoms with Crippen molar-refractivity contribution < 1.29 is 8.42 Å². The Morgan fingerprint density at radius 1 is 1.44 bits per heavy atom. The Morgan fingerprint density at radius 2 is 2.17 bits per heavy atom. The fourth-order valence-electron chi connectivity index (χ4n) is 2.53. The van der Waals surface area contributed by atoms with Crippen LogP contribution in [-0.2, 0) is 21.8 Å². The van der Waals surface area contributed by atoms with E-state index in [1.165, 1.54) is 4.88 Å². The lowest BCUT2D eigenvalue weighted by Gasteiger charge is -2.26. The summed E-state index contributed by atoms with van der Waals surface area (Å²) < 4.78 is 23.6. The maximum absolute atomic E-state index is 11.8. The average Bonchev–Trinajstić information content (AvgIpc) is 2.81. The summed E-state index contributed by atoms with van der Waals surface area (Å²) in [6.07, 6.45) is 1.54. The second kappa shape index (κ2) is 4.90. The number of aromatic nitrogens is 1. The maximum Gasteiger partial charge on any atom is 0.152 e. The molecule has 1 aromatic rings. The van der Waals surface area contributed by atoms with Crippen molar-refractivity contribution in [1.82, 2.24) is 10.3 Å². The second-order valence-electron chi connectivity index (χ2n) is 4.83. The molecule has 1 saturated heterocycles. The Labute approximate surface area is 113 Å². The number of aryl methyl sites for hydroxylation is 2. The second-order valence-corrected chi connectivity index (χ2v) is 8.22. The fraction of sp³-hybridized carbons (Fsp3) is 0.750. The zero-order chi connectivity index (χ0) is 13.4. The highest BCUT2D eigenvalue weighted by molar-refractivity contribution is 7.91. The molecule has 0 aromatic carbocycles. The highest BCUT2D eigenvalue weighted by Crippen LogP contribution is 2.37. The van der Waals surface area contributed by atoms with Gasteiger partial charge in [-0.1, -0.05) is 13.8 Å². The Morgan fingerprint density at radius 3 is 2.61 bits per heavy atom. The van der Waals surface area contributed by atoms with Gasteiger partial charge < -0.3 is 5.32 Å². The van der Waals surface area contributed by atoms with Crippen molar-refractivity contribution in [3.05, 3.63) is 15.6 Å². The standard InChI is InChI=1S/C12H20N2O2S2/c1-4-10-9(3)17-11(14-10)12(13-5-2)6-7-18(15,16)8-12/h13H,4-8H2,1-3H3. The summed E-state index contributed by atoms with van der Waals surface area (Å²) in [4.78, 5) is 5.86. The van der Waals surface area contributed by atoms with Gasteiger partial charge in [-0.3, -0.25) is 0 Å². The number of rotatable bonds is 4. The molecule has 18 heavy (non-hydrogen) atoms. The van der Waals surface area contributed by atoms with Gasteiger partial charge in [-0.25, -0.2) is 13.4 Å². The van der Waals surface area contributed by atoms with Crippen molar-refractivity contribution in [2.24, 2.45) is 0 Å². The number of hydrogen-bond donors (Lipinski definition) is 1. The van der Waals surface area contributed by atoms with Crippen molar-refractivity contribution in [1.29, 1.82) is 0 Å². The Kier molecular flexibility index (Phi) is 3.80. The van der Waals surface area contributed by atoms with E-state index in [0.717, 1.165) is 23.7 Å². The molecule has 0 spiro atoms. The summed E-state index contributed by atoms with van der Waals surface area (Å²) >= 11 is 1.64. The zero-order valence-corrected chi connectivity index (χ0v) is 12.7. The predicted octanol–water partition coefficient (Wildman–Crippen LogP) is 1.64. The lowest BCUT2D eigenvalue weighted by atomic mass is 10.00. The van der Waals surface area contributed by atoms with Crippen LogP contribution in [0.2, 0.25) is 0 Å². The van der Waals surface area contributed by atoms with Crippen LogP contribution in [0.5, 0.6) is 0 Å². The average molecular weight is 288 g/mol. The minimum absolute atomic E-state index is 0.184. The molecule has 0 saturated carbocycles. The quantitative estimate of drug-likeness (QED) is 0.915. The van der Waals surface area contributed by atoms with Crippen molar-refractivity contribution in [3.63, 3.8) is 0 Å². The molecule has 2 rings (SSSR count). The molecule has 0 aliphatic carbocycles. The Balaban J connectivity index is 2.41. The van der Waals surface area contributed by atoms with Crippen LogP contribution in [-0.4, -0.2) is 31.5 Å². The molecule has 1 unspecified atom stereocenters. The van der Waals surface area contributed by atoms with Crippen LogP contribution in [0.4, 0.5) is 0 Å². The highest BCUT2D eigenvalue weighted by atomic mass is 32.2. The van der Waals surface area contributed by atoms with E-state index in [1.54, 1.807) is 11.3 Å². The van der Waals surface area contributed by atoms with Crippen molar-refractivity contribution in [3.8, 4) is 0 Å². The minimum atomic E-state index is -2.93. The van der Waals surface area contributed by atoms with Crippen LogP contribution >= 0.6 is 11.3 Å². The predicted molar refractivity (Wildman–Crippen MR) is 74.9 cm³/mol. The van der Waals surface area contributed by atoms with Gasteiger partial charge in [0.1, 0.15) is 5.01 Å². The van der Waals surface area contributed by atoms with Crippen LogP contribution in [0.25, 0.3) is 0 Å². The number of nitrogens with zero attached hydrogens (tertiary/aromatic N) is 1. The van der Waals surface area contributed by atoms with E-state index >= 15 is 0 Å². The van der Waals surface area contributed by atoms with Gasteiger partial charge in [0.15, 0.2) is 9.84 Å². The molecule has 102 valence electrons. The van der Waals surface area contributed by atoms with Crippen LogP contribution < -0.4 is 5.32 Å². The molecule has 1 N–H and O–H groups in total. The van der Waals surface area contributed by atoms with Gasteiger partial charge in [-0.15, -0.1) is 11.3 Å². The number of sulfone groups is 1. The summed E-state index contributed by atoms with van der Waals surface area (Å²) in [6.45, 7) is 6.91. The van der Waals surface area contributed by atoms with E-state index in [9.17, 15) is 8.42 Å². The highest BCUT2D eigenvalue weighted by Gasteiger charge is 2.45. The summed E-state index contributed by atoms with van der Waals surface area (Å²) in [7, 11) is -2.93. The van der Waals surface area contributed by atoms with Gasteiger partial charge in [0.2, 0.25) is 0 Å². The van der Waals surface area contributed by atoms with Crippen LogP contribution in [0.15, 0.2) is 0 Å². The van der Waals surface area contributed by atoms with Crippen LogP contribution in [0.1, 0.15) is 35.8 Å². The van der Waals surface area contributed by atoms with Crippen LogP contribution in [0, 0.1) is 6.92 Å². The van der Waals surface area contributed by atoms with Crippen molar-refractivity contribution in [2.45, 2.75) is 39.2 Å². The minimum Gasteiger partial charge on any atom is -0.305 e. The van der Waals surface area contributed by atoms with E-state index in [0.29, 0.717) is 6.42 Å². The van der Waals surface area contributed by atoms with Crippen molar-refractivity contribution >= 4 is 21.2 Å². The molecule has 6 heteroatoms. The SMILES string of the molecule is CCNC1(c2nc(CC)c(C)s2)CCS(=O)(=O)C1. The van der Waals surface area contributed by atoms with Crippen LogP contribution in [0.3, 0.4) is 0 Å². The summed E-state index contributed by atoms with van der Waals surface area (Å²) in [5.41, 5.74) is 0.646. The Hall–Kier alpha value is -0.460. The first-order valence-electron chi connectivity index (χ1n) is 6.34. The maximum atomic E-state index is 11.8. The molecule has 0 radical (unpaired) electrons. The van der Waals surface area contributed by atoms with Gasteiger partial charge in [0.25, 0.3) is 0 Å². The number of nitrogens with one attached hydrogen (secondary N) is 1. The first-order valence-corrected chi connectivity index (χ1v) is 8.98. The van der Waals surface area contributed by atoms with Gasteiger partial charge >= 0.3 is 0 Å². The molecule has 1 fully saturated rings. The molecule has 1 aliphatic heterocycles. The zero-order valence-electron chi connectivity index (χ0n) is 11.1. The van der Waals surface area contributed by atoms with E-state index < -0.39 is 15.4 Å². The third kappa shape index (κ3) is 2.46. The van der Waals surface area contributed by atoms with E-state index in [-0.39, 0.29) is 11.5 Å². The molecule has 1 aliphatic rings. The number of thiazole rings is 1. The summed E-state index contributed by atoms with van der Waals surface area (Å²) in [5.74, 6) is 0.448. The van der Waals surface area contributed by atoms with Gasteiger partial charge in [-0.05, 0) is 26.3 Å². The summed E-state index contributed by atoms with van der Waals surface area (Å²) in [6, 6.07) is 0. The van der Waals surface area contributed by atoms with Gasteiger partial charge in [0, 0.05) is 4.88 Å². The normalized spacial score (nSPS) is 26.6. The fourth-order valence-corrected chi connectivity index (χ4v) is 5.76. The van der Waals surface area contributed by atoms with Crippen molar-refractivity contribution in [2.75, 3.05) is 18.1 Å². The molecule has 1 aromatic heterocycles. The lowest BCUT2D eigenvalue weighted by molar-refractivity contribution is 0.383.